The lowest BCUT2D eigenvalue weighted by Gasteiger charge is -2.17. The second-order valence-electron chi connectivity index (χ2n) is 7.05. The Morgan fingerprint density at radius 2 is 1.90 bits per heavy atom. The standard InChI is InChI=1S/C24H23N3O2/c1-2-22(28)27-14-12-18-15-19(10-11-21(18)27)23-20(9-6-13-25-23)16-26-24(29)17-7-4-3-5-8-17/h3-11,13,15H,2,12,14,16H2,1H3,(H,26,29). The van der Waals surface area contributed by atoms with E-state index in [0.717, 1.165) is 41.0 Å². The van der Waals surface area contributed by atoms with Gasteiger partial charge in [-0.1, -0.05) is 37.3 Å². The summed E-state index contributed by atoms with van der Waals surface area (Å²) in [7, 11) is 0. The number of amides is 2. The number of pyridine rings is 1. The Labute approximate surface area is 170 Å². The van der Waals surface area contributed by atoms with Gasteiger partial charge < -0.3 is 10.2 Å². The Morgan fingerprint density at radius 1 is 1.07 bits per heavy atom. The topological polar surface area (TPSA) is 62.3 Å². The van der Waals surface area contributed by atoms with Crippen molar-refractivity contribution in [3.63, 3.8) is 0 Å². The Bertz CT molecular complexity index is 1050. The first kappa shape index (κ1) is 18.9. The fraction of sp³-hybridized carbons (Fsp3) is 0.208. The minimum Gasteiger partial charge on any atom is -0.348 e. The van der Waals surface area contributed by atoms with Gasteiger partial charge in [0.05, 0.1) is 5.69 Å². The van der Waals surface area contributed by atoms with Crippen molar-refractivity contribution in [2.75, 3.05) is 11.4 Å². The van der Waals surface area contributed by atoms with Crippen molar-refractivity contribution in [2.45, 2.75) is 26.3 Å². The molecule has 5 nitrogen and oxygen atoms in total. The molecule has 2 aromatic carbocycles. The molecule has 3 aromatic rings. The highest BCUT2D eigenvalue weighted by Crippen LogP contribution is 2.33. The maximum Gasteiger partial charge on any atom is 0.251 e. The highest BCUT2D eigenvalue weighted by molar-refractivity contribution is 5.96. The summed E-state index contributed by atoms with van der Waals surface area (Å²) in [6.07, 6.45) is 3.12. The normalized spacial score (nSPS) is 12.5. The van der Waals surface area contributed by atoms with Crippen LogP contribution in [-0.4, -0.2) is 23.3 Å². The number of anilines is 1. The number of hydrogen-bond acceptors (Lipinski definition) is 3. The van der Waals surface area contributed by atoms with Crippen LogP contribution in [-0.2, 0) is 17.8 Å². The van der Waals surface area contributed by atoms with Crippen LogP contribution in [0.1, 0.15) is 34.8 Å². The zero-order valence-corrected chi connectivity index (χ0v) is 16.4. The Balaban J connectivity index is 1.56. The molecule has 1 aliphatic rings. The molecule has 0 saturated carbocycles. The predicted octanol–water partition coefficient (Wildman–Crippen LogP) is 3.98. The third-order valence-corrected chi connectivity index (χ3v) is 5.22. The maximum absolute atomic E-state index is 12.4. The molecule has 0 bridgehead atoms. The summed E-state index contributed by atoms with van der Waals surface area (Å²) in [5.74, 6) is 0.0433. The van der Waals surface area contributed by atoms with E-state index in [9.17, 15) is 9.59 Å². The number of aromatic nitrogens is 1. The smallest absolute Gasteiger partial charge is 0.251 e. The molecule has 4 rings (SSSR count). The van der Waals surface area contributed by atoms with Crippen LogP contribution in [0.3, 0.4) is 0 Å². The number of carbonyl (C=O) groups excluding carboxylic acids is 2. The molecule has 0 aliphatic carbocycles. The van der Waals surface area contributed by atoms with E-state index in [2.05, 4.69) is 16.4 Å². The molecule has 1 aromatic heterocycles. The quantitative estimate of drug-likeness (QED) is 0.723. The van der Waals surface area contributed by atoms with Crippen molar-refractivity contribution in [3.8, 4) is 11.3 Å². The maximum atomic E-state index is 12.4. The molecule has 0 spiro atoms. The third-order valence-electron chi connectivity index (χ3n) is 5.22. The fourth-order valence-electron chi connectivity index (χ4n) is 3.71. The van der Waals surface area contributed by atoms with Crippen LogP contribution in [0.5, 0.6) is 0 Å². The van der Waals surface area contributed by atoms with Gasteiger partial charge in [-0.15, -0.1) is 0 Å². The zero-order valence-electron chi connectivity index (χ0n) is 16.4. The van der Waals surface area contributed by atoms with Crippen LogP contribution in [0.2, 0.25) is 0 Å². The average molecular weight is 385 g/mol. The second kappa shape index (κ2) is 8.27. The van der Waals surface area contributed by atoms with Gasteiger partial charge in [0.25, 0.3) is 5.91 Å². The fourth-order valence-corrected chi connectivity index (χ4v) is 3.71. The Kier molecular flexibility index (Phi) is 5.38. The number of fused-ring (bicyclic) bond motifs is 1. The van der Waals surface area contributed by atoms with Gasteiger partial charge in [0, 0.05) is 42.5 Å². The molecule has 1 N–H and O–H groups in total. The summed E-state index contributed by atoms with van der Waals surface area (Å²) in [5, 5.41) is 2.98. The first-order valence-electron chi connectivity index (χ1n) is 9.88. The van der Waals surface area contributed by atoms with Gasteiger partial charge in [0.2, 0.25) is 5.91 Å². The molecule has 0 atom stereocenters. The van der Waals surface area contributed by atoms with Crippen molar-refractivity contribution in [1.82, 2.24) is 10.3 Å². The van der Waals surface area contributed by atoms with Gasteiger partial charge in [0.1, 0.15) is 0 Å². The zero-order chi connectivity index (χ0) is 20.2. The molecule has 2 heterocycles. The van der Waals surface area contributed by atoms with Gasteiger partial charge in [-0.25, -0.2) is 0 Å². The molecule has 29 heavy (non-hydrogen) atoms. The van der Waals surface area contributed by atoms with Crippen LogP contribution in [0.15, 0.2) is 66.9 Å². The van der Waals surface area contributed by atoms with Gasteiger partial charge in [-0.2, -0.15) is 0 Å². The number of nitrogens with one attached hydrogen (secondary N) is 1. The SMILES string of the molecule is CCC(=O)N1CCc2cc(-c3ncccc3CNC(=O)c3ccccc3)ccc21. The van der Waals surface area contributed by atoms with Crippen LogP contribution < -0.4 is 10.2 Å². The van der Waals surface area contributed by atoms with Crippen molar-refractivity contribution >= 4 is 17.5 Å². The summed E-state index contributed by atoms with van der Waals surface area (Å²) in [5.41, 5.74) is 5.60. The molecule has 5 heteroatoms. The highest BCUT2D eigenvalue weighted by Gasteiger charge is 2.24. The molecule has 1 aliphatic heterocycles. The molecule has 0 fully saturated rings. The monoisotopic (exact) mass is 385 g/mol. The van der Waals surface area contributed by atoms with E-state index in [0.29, 0.717) is 18.5 Å². The van der Waals surface area contributed by atoms with Crippen LogP contribution in [0, 0.1) is 0 Å². The first-order chi connectivity index (χ1) is 14.2. The van der Waals surface area contributed by atoms with Crippen molar-refractivity contribution < 1.29 is 9.59 Å². The molecule has 2 amide bonds. The van der Waals surface area contributed by atoms with Gasteiger partial charge in [-0.3, -0.25) is 14.6 Å². The van der Waals surface area contributed by atoms with E-state index in [4.69, 9.17) is 0 Å². The van der Waals surface area contributed by atoms with Crippen LogP contribution in [0.4, 0.5) is 5.69 Å². The lowest BCUT2D eigenvalue weighted by molar-refractivity contribution is -0.118. The molecule has 0 saturated heterocycles. The van der Waals surface area contributed by atoms with Crippen LogP contribution >= 0.6 is 0 Å². The summed E-state index contributed by atoms with van der Waals surface area (Å²) in [6, 6.07) is 19.2. The van der Waals surface area contributed by atoms with Crippen molar-refractivity contribution in [3.05, 3.63) is 83.6 Å². The summed E-state index contributed by atoms with van der Waals surface area (Å²) in [6.45, 7) is 3.01. The summed E-state index contributed by atoms with van der Waals surface area (Å²) >= 11 is 0. The van der Waals surface area contributed by atoms with E-state index < -0.39 is 0 Å². The molecule has 0 unspecified atom stereocenters. The van der Waals surface area contributed by atoms with E-state index in [1.807, 2.05) is 54.3 Å². The van der Waals surface area contributed by atoms with Gasteiger partial charge in [0.15, 0.2) is 0 Å². The van der Waals surface area contributed by atoms with Crippen LogP contribution in [0.25, 0.3) is 11.3 Å². The molecular formula is C24H23N3O2. The van der Waals surface area contributed by atoms with Gasteiger partial charge >= 0.3 is 0 Å². The van der Waals surface area contributed by atoms with Crippen molar-refractivity contribution in [2.24, 2.45) is 0 Å². The minimum atomic E-state index is -0.108. The van der Waals surface area contributed by atoms with E-state index in [-0.39, 0.29) is 11.8 Å². The number of nitrogens with zero attached hydrogens (tertiary/aromatic N) is 2. The van der Waals surface area contributed by atoms with Gasteiger partial charge in [-0.05, 0) is 47.9 Å². The number of benzene rings is 2. The third kappa shape index (κ3) is 3.90. The lowest BCUT2D eigenvalue weighted by atomic mass is 10.0. The second-order valence-corrected chi connectivity index (χ2v) is 7.05. The number of hydrogen-bond donors (Lipinski definition) is 1. The Morgan fingerprint density at radius 3 is 2.69 bits per heavy atom. The first-order valence-corrected chi connectivity index (χ1v) is 9.88. The van der Waals surface area contributed by atoms with E-state index in [1.54, 1.807) is 18.3 Å². The molecule has 146 valence electrons. The average Bonchev–Trinajstić information content (AvgIpc) is 3.21. The molecular weight excluding hydrogens is 362 g/mol. The van der Waals surface area contributed by atoms with E-state index in [1.165, 1.54) is 0 Å². The van der Waals surface area contributed by atoms with Crippen molar-refractivity contribution in [1.29, 1.82) is 0 Å². The largest absolute Gasteiger partial charge is 0.348 e. The number of carbonyl (C=O) groups is 2. The van der Waals surface area contributed by atoms with E-state index >= 15 is 0 Å². The highest BCUT2D eigenvalue weighted by atomic mass is 16.2. The number of rotatable bonds is 5. The molecule has 0 radical (unpaired) electrons. The summed E-state index contributed by atoms with van der Waals surface area (Å²) in [4.78, 5) is 30.9. The minimum absolute atomic E-state index is 0.108. The summed E-state index contributed by atoms with van der Waals surface area (Å²) < 4.78 is 0. The lowest BCUT2D eigenvalue weighted by Crippen LogP contribution is -2.27. The Hall–Kier alpha value is -3.47. The predicted molar refractivity (Wildman–Crippen MR) is 114 cm³/mol.